The van der Waals surface area contributed by atoms with E-state index in [-0.39, 0.29) is 0 Å². The summed E-state index contributed by atoms with van der Waals surface area (Å²) >= 11 is 0. The molecule has 0 N–H and O–H groups in total. The van der Waals surface area contributed by atoms with E-state index in [1.165, 1.54) is 0 Å². The number of aryl methyl sites for hydroxylation is 1. The SMILES string of the molecule is Cc1noc(-c2cn(-c3cccc(-c4ccccc4C#N)c3)cn2)n1. The van der Waals surface area contributed by atoms with Gasteiger partial charge in [0, 0.05) is 11.9 Å². The van der Waals surface area contributed by atoms with E-state index in [4.69, 9.17) is 4.52 Å². The molecule has 0 bridgehead atoms. The van der Waals surface area contributed by atoms with Crippen molar-refractivity contribution >= 4 is 0 Å². The molecule has 0 atom stereocenters. The molecule has 0 aliphatic heterocycles. The van der Waals surface area contributed by atoms with Crippen LogP contribution in [0, 0.1) is 18.3 Å². The average Bonchev–Trinajstić information content (AvgIpc) is 3.31. The Balaban J connectivity index is 1.73. The Hall–Kier alpha value is -3.72. The van der Waals surface area contributed by atoms with E-state index in [9.17, 15) is 5.26 Å². The van der Waals surface area contributed by atoms with E-state index in [2.05, 4.69) is 21.2 Å². The predicted molar refractivity (Wildman–Crippen MR) is 91.7 cm³/mol. The van der Waals surface area contributed by atoms with Crippen LogP contribution in [0.1, 0.15) is 11.4 Å². The molecule has 6 nitrogen and oxygen atoms in total. The van der Waals surface area contributed by atoms with Crippen molar-refractivity contribution in [2.24, 2.45) is 0 Å². The third kappa shape index (κ3) is 2.79. The molecule has 0 unspecified atom stereocenters. The summed E-state index contributed by atoms with van der Waals surface area (Å²) in [6.07, 6.45) is 3.53. The highest BCUT2D eigenvalue weighted by atomic mass is 16.5. The second-order valence-corrected chi connectivity index (χ2v) is 5.52. The number of imidazole rings is 1. The van der Waals surface area contributed by atoms with Gasteiger partial charge in [0.15, 0.2) is 5.82 Å². The fraction of sp³-hybridized carbons (Fsp3) is 0.0526. The third-order valence-corrected chi connectivity index (χ3v) is 3.83. The number of benzene rings is 2. The monoisotopic (exact) mass is 327 g/mol. The summed E-state index contributed by atoms with van der Waals surface area (Å²) in [7, 11) is 0. The summed E-state index contributed by atoms with van der Waals surface area (Å²) in [6, 6.07) is 17.7. The van der Waals surface area contributed by atoms with Gasteiger partial charge in [-0.05, 0) is 36.2 Å². The standard InChI is InChI=1S/C19H13N5O/c1-13-22-19(25-23-13)18-11-24(12-21-18)16-7-4-6-14(9-16)17-8-3-2-5-15(17)10-20/h2-9,11-12H,1H3. The van der Waals surface area contributed by atoms with Crippen molar-refractivity contribution in [3.05, 3.63) is 72.4 Å². The van der Waals surface area contributed by atoms with Crippen LogP contribution in [-0.2, 0) is 0 Å². The van der Waals surface area contributed by atoms with Gasteiger partial charge in [0.1, 0.15) is 12.0 Å². The van der Waals surface area contributed by atoms with Crippen LogP contribution in [0.25, 0.3) is 28.4 Å². The summed E-state index contributed by atoms with van der Waals surface area (Å²) in [5.41, 5.74) is 4.06. The number of nitrogens with zero attached hydrogens (tertiary/aromatic N) is 5. The fourth-order valence-corrected chi connectivity index (χ4v) is 2.64. The molecule has 25 heavy (non-hydrogen) atoms. The first-order valence-corrected chi connectivity index (χ1v) is 7.69. The third-order valence-electron chi connectivity index (χ3n) is 3.83. The second kappa shape index (κ2) is 6.06. The average molecular weight is 327 g/mol. The molecule has 0 saturated carbocycles. The van der Waals surface area contributed by atoms with Gasteiger partial charge in [-0.25, -0.2) is 4.98 Å². The summed E-state index contributed by atoms with van der Waals surface area (Å²) < 4.78 is 7.03. The lowest BCUT2D eigenvalue weighted by Crippen LogP contribution is -1.91. The van der Waals surface area contributed by atoms with Gasteiger partial charge in [0.05, 0.1) is 11.6 Å². The van der Waals surface area contributed by atoms with Gasteiger partial charge in [-0.3, -0.25) is 0 Å². The van der Waals surface area contributed by atoms with Gasteiger partial charge in [-0.15, -0.1) is 0 Å². The first kappa shape index (κ1) is 14.8. The predicted octanol–water partition coefficient (Wildman–Crippen LogP) is 3.77. The maximum absolute atomic E-state index is 9.31. The van der Waals surface area contributed by atoms with Crippen molar-refractivity contribution in [3.63, 3.8) is 0 Å². The van der Waals surface area contributed by atoms with Crippen LogP contribution in [0.3, 0.4) is 0 Å². The Morgan fingerprint density at radius 2 is 2.00 bits per heavy atom. The van der Waals surface area contributed by atoms with E-state index in [0.29, 0.717) is 23.0 Å². The Labute approximate surface area is 144 Å². The number of hydrogen-bond donors (Lipinski definition) is 0. The lowest BCUT2D eigenvalue weighted by Gasteiger charge is -2.07. The van der Waals surface area contributed by atoms with Crippen molar-refractivity contribution in [3.8, 4) is 34.5 Å². The summed E-state index contributed by atoms with van der Waals surface area (Å²) in [5, 5.41) is 13.1. The van der Waals surface area contributed by atoms with Crippen LogP contribution in [0.2, 0.25) is 0 Å². The van der Waals surface area contributed by atoms with Gasteiger partial charge in [0.2, 0.25) is 0 Å². The van der Waals surface area contributed by atoms with Crippen molar-refractivity contribution < 1.29 is 4.52 Å². The zero-order valence-electron chi connectivity index (χ0n) is 13.4. The highest BCUT2D eigenvalue weighted by Gasteiger charge is 2.11. The molecule has 0 spiro atoms. The molecule has 4 aromatic rings. The van der Waals surface area contributed by atoms with Gasteiger partial charge < -0.3 is 9.09 Å². The van der Waals surface area contributed by atoms with Crippen LogP contribution in [0.15, 0.2) is 65.6 Å². The molecule has 2 heterocycles. The molecule has 6 heteroatoms. The van der Waals surface area contributed by atoms with Gasteiger partial charge in [-0.2, -0.15) is 10.2 Å². The Morgan fingerprint density at radius 3 is 2.80 bits per heavy atom. The van der Waals surface area contributed by atoms with Gasteiger partial charge in [0.25, 0.3) is 5.89 Å². The van der Waals surface area contributed by atoms with Gasteiger partial charge in [-0.1, -0.05) is 35.5 Å². The molecule has 0 radical (unpaired) electrons. The lowest BCUT2D eigenvalue weighted by molar-refractivity contribution is 0.424. The Kier molecular flexibility index (Phi) is 3.60. The fourth-order valence-electron chi connectivity index (χ4n) is 2.64. The van der Waals surface area contributed by atoms with Crippen molar-refractivity contribution in [1.29, 1.82) is 5.26 Å². The van der Waals surface area contributed by atoms with Crippen LogP contribution in [0.4, 0.5) is 0 Å². The van der Waals surface area contributed by atoms with E-state index < -0.39 is 0 Å². The van der Waals surface area contributed by atoms with Crippen LogP contribution in [-0.4, -0.2) is 19.7 Å². The van der Waals surface area contributed by atoms with E-state index >= 15 is 0 Å². The second-order valence-electron chi connectivity index (χ2n) is 5.52. The maximum Gasteiger partial charge on any atom is 0.278 e. The number of nitriles is 1. The number of hydrogen-bond acceptors (Lipinski definition) is 5. The zero-order chi connectivity index (χ0) is 17.2. The quantitative estimate of drug-likeness (QED) is 0.572. The van der Waals surface area contributed by atoms with E-state index in [1.54, 1.807) is 13.3 Å². The maximum atomic E-state index is 9.31. The highest BCUT2D eigenvalue weighted by Crippen LogP contribution is 2.26. The number of rotatable bonds is 3. The van der Waals surface area contributed by atoms with Crippen molar-refractivity contribution in [2.75, 3.05) is 0 Å². The minimum Gasteiger partial charge on any atom is -0.332 e. The van der Waals surface area contributed by atoms with Gasteiger partial charge >= 0.3 is 0 Å². The molecule has 0 aliphatic carbocycles. The summed E-state index contributed by atoms with van der Waals surface area (Å²) in [4.78, 5) is 8.51. The Morgan fingerprint density at radius 1 is 1.12 bits per heavy atom. The minimum atomic E-state index is 0.391. The molecule has 2 aromatic heterocycles. The summed E-state index contributed by atoms with van der Waals surface area (Å²) in [6.45, 7) is 1.76. The lowest BCUT2D eigenvalue weighted by atomic mass is 10.00. The zero-order valence-corrected chi connectivity index (χ0v) is 13.4. The minimum absolute atomic E-state index is 0.391. The van der Waals surface area contributed by atoms with Crippen LogP contribution in [0.5, 0.6) is 0 Å². The molecule has 4 rings (SSSR count). The van der Waals surface area contributed by atoms with Crippen molar-refractivity contribution in [2.45, 2.75) is 6.92 Å². The first-order chi connectivity index (χ1) is 12.2. The van der Waals surface area contributed by atoms with Crippen LogP contribution < -0.4 is 0 Å². The Bertz CT molecular complexity index is 1090. The smallest absolute Gasteiger partial charge is 0.278 e. The number of aromatic nitrogens is 4. The van der Waals surface area contributed by atoms with Crippen molar-refractivity contribution in [1.82, 2.24) is 19.7 Å². The highest BCUT2D eigenvalue weighted by molar-refractivity contribution is 5.72. The van der Waals surface area contributed by atoms with E-state index in [0.717, 1.165) is 16.8 Å². The largest absolute Gasteiger partial charge is 0.332 e. The molecular weight excluding hydrogens is 314 g/mol. The first-order valence-electron chi connectivity index (χ1n) is 7.69. The van der Waals surface area contributed by atoms with Crippen LogP contribution >= 0.6 is 0 Å². The molecule has 0 aliphatic rings. The molecule has 0 amide bonds. The van der Waals surface area contributed by atoms with E-state index in [1.807, 2.05) is 59.3 Å². The molecule has 2 aromatic carbocycles. The summed E-state index contributed by atoms with van der Waals surface area (Å²) in [5.74, 6) is 0.960. The molecule has 0 fully saturated rings. The molecular formula is C19H13N5O. The topological polar surface area (TPSA) is 80.5 Å². The molecule has 120 valence electrons. The normalized spacial score (nSPS) is 10.6. The molecule has 0 saturated heterocycles.